The van der Waals surface area contributed by atoms with Crippen LogP contribution in [0.2, 0.25) is 0 Å². The molecule has 3 rings (SSSR count). The van der Waals surface area contributed by atoms with Crippen LogP contribution in [0.4, 0.5) is 0 Å². The van der Waals surface area contributed by atoms with Crippen LogP contribution in [0, 0.1) is 11.8 Å². The van der Waals surface area contributed by atoms with Gasteiger partial charge in [0, 0.05) is 12.6 Å². The van der Waals surface area contributed by atoms with Gasteiger partial charge in [0.15, 0.2) is 0 Å². The van der Waals surface area contributed by atoms with Gasteiger partial charge < -0.3 is 15.2 Å². The third-order valence-electron chi connectivity index (χ3n) is 4.79. The molecule has 0 spiro atoms. The quantitative estimate of drug-likeness (QED) is 0.855. The van der Waals surface area contributed by atoms with Gasteiger partial charge in [0.25, 0.3) is 0 Å². The number of rotatable bonds is 5. The fourth-order valence-corrected chi connectivity index (χ4v) is 3.72. The van der Waals surface area contributed by atoms with Gasteiger partial charge in [0.1, 0.15) is 5.75 Å². The summed E-state index contributed by atoms with van der Waals surface area (Å²) in [5.74, 6) is 2.59. The van der Waals surface area contributed by atoms with E-state index in [9.17, 15) is 5.11 Å². The average Bonchev–Trinajstić information content (AvgIpc) is 3.07. The highest BCUT2D eigenvalue weighted by Crippen LogP contribution is 2.44. The van der Waals surface area contributed by atoms with Gasteiger partial charge in [0.05, 0.1) is 13.2 Å². The van der Waals surface area contributed by atoms with Crippen LogP contribution in [0.3, 0.4) is 0 Å². The Morgan fingerprint density at radius 3 is 2.95 bits per heavy atom. The number of hydrogen-bond acceptors (Lipinski definition) is 3. The Kier molecular flexibility index (Phi) is 3.76. The van der Waals surface area contributed by atoms with Gasteiger partial charge in [0.2, 0.25) is 0 Å². The summed E-state index contributed by atoms with van der Waals surface area (Å²) < 4.78 is 5.19. The van der Waals surface area contributed by atoms with Crippen molar-refractivity contribution in [1.29, 1.82) is 0 Å². The number of aliphatic hydroxyl groups excluding tert-OH is 1. The van der Waals surface area contributed by atoms with E-state index in [0.29, 0.717) is 12.6 Å². The third-order valence-corrected chi connectivity index (χ3v) is 4.79. The summed E-state index contributed by atoms with van der Waals surface area (Å²) in [4.78, 5) is 0. The Hall–Kier alpha value is -1.06. The molecule has 2 fully saturated rings. The predicted molar refractivity (Wildman–Crippen MR) is 75.2 cm³/mol. The molecule has 1 aromatic rings. The fourth-order valence-electron chi connectivity index (χ4n) is 3.72. The van der Waals surface area contributed by atoms with Crippen molar-refractivity contribution in [1.82, 2.24) is 5.32 Å². The summed E-state index contributed by atoms with van der Waals surface area (Å²) in [5, 5.41) is 13.8. The molecule has 1 aromatic carbocycles. The number of methoxy groups -OCH3 is 1. The van der Waals surface area contributed by atoms with Gasteiger partial charge in [-0.1, -0.05) is 18.6 Å². The van der Waals surface area contributed by atoms with Crippen LogP contribution in [0.5, 0.6) is 5.75 Å². The van der Waals surface area contributed by atoms with E-state index in [1.54, 1.807) is 7.11 Å². The van der Waals surface area contributed by atoms with Crippen molar-refractivity contribution in [2.45, 2.75) is 37.8 Å². The molecule has 0 amide bonds. The summed E-state index contributed by atoms with van der Waals surface area (Å²) in [6.45, 7) is 0.640. The summed E-state index contributed by atoms with van der Waals surface area (Å²) in [6.07, 6.45) is 5.04. The van der Waals surface area contributed by atoms with Crippen molar-refractivity contribution >= 4 is 0 Å². The smallest absolute Gasteiger partial charge is 0.119 e. The third kappa shape index (κ3) is 2.77. The zero-order valence-electron chi connectivity index (χ0n) is 11.5. The highest BCUT2D eigenvalue weighted by molar-refractivity contribution is 5.29. The molecule has 0 aromatic heterocycles. The van der Waals surface area contributed by atoms with Crippen LogP contribution in [0.1, 0.15) is 37.4 Å². The second-order valence-electron chi connectivity index (χ2n) is 5.98. The topological polar surface area (TPSA) is 41.5 Å². The molecular formula is C16H23NO2. The lowest BCUT2D eigenvalue weighted by Gasteiger charge is -2.24. The lowest BCUT2D eigenvalue weighted by molar-refractivity contribution is 0.163. The molecule has 4 unspecified atom stereocenters. The molecule has 3 nitrogen and oxygen atoms in total. The van der Waals surface area contributed by atoms with Crippen LogP contribution < -0.4 is 10.1 Å². The molecule has 0 aliphatic heterocycles. The summed E-state index contributed by atoms with van der Waals surface area (Å²) >= 11 is 0. The maximum Gasteiger partial charge on any atom is 0.119 e. The molecule has 19 heavy (non-hydrogen) atoms. The Morgan fingerprint density at radius 2 is 2.26 bits per heavy atom. The number of benzene rings is 1. The van der Waals surface area contributed by atoms with E-state index in [1.807, 2.05) is 24.3 Å². The largest absolute Gasteiger partial charge is 0.497 e. The number of aliphatic hydroxyl groups is 1. The maximum atomic E-state index is 10.3. The van der Waals surface area contributed by atoms with Crippen molar-refractivity contribution in [2.24, 2.45) is 11.8 Å². The minimum Gasteiger partial charge on any atom is -0.497 e. The SMILES string of the molecule is COc1cccc(C(O)CNC2CC3CCC2C3)c1. The molecule has 2 N–H and O–H groups in total. The van der Waals surface area contributed by atoms with E-state index in [1.165, 1.54) is 25.7 Å². The Balaban J connectivity index is 1.54. The number of fused-ring (bicyclic) bond motifs is 2. The van der Waals surface area contributed by atoms with E-state index in [-0.39, 0.29) is 0 Å². The van der Waals surface area contributed by atoms with E-state index >= 15 is 0 Å². The van der Waals surface area contributed by atoms with Crippen LogP contribution in [0.15, 0.2) is 24.3 Å². The molecular weight excluding hydrogens is 238 g/mol. The van der Waals surface area contributed by atoms with Gasteiger partial charge in [-0.15, -0.1) is 0 Å². The molecule has 104 valence electrons. The molecule has 2 aliphatic rings. The first-order chi connectivity index (χ1) is 9.26. The molecule has 0 radical (unpaired) electrons. The summed E-state index contributed by atoms with van der Waals surface area (Å²) in [7, 11) is 1.65. The van der Waals surface area contributed by atoms with Crippen LogP contribution in [0.25, 0.3) is 0 Å². The molecule has 0 heterocycles. The zero-order chi connectivity index (χ0) is 13.2. The Labute approximate surface area is 115 Å². The van der Waals surface area contributed by atoms with Gasteiger partial charge in [-0.05, 0) is 48.8 Å². The number of nitrogens with one attached hydrogen (secondary N) is 1. The van der Waals surface area contributed by atoms with E-state index in [2.05, 4.69) is 5.32 Å². The van der Waals surface area contributed by atoms with Crippen LogP contribution in [-0.4, -0.2) is 24.8 Å². The standard InChI is InChI=1S/C16H23NO2/c1-19-14-4-2-3-13(9-14)16(18)10-17-15-8-11-5-6-12(15)7-11/h2-4,9,11-12,15-18H,5-8,10H2,1H3. The molecule has 2 saturated carbocycles. The van der Waals surface area contributed by atoms with Crippen molar-refractivity contribution in [3.05, 3.63) is 29.8 Å². The van der Waals surface area contributed by atoms with E-state index < -0.39 is 6.10 Å². The highest BCUT2D eigenvalue weighted by atomic mass is 16.5. The molecule has 4 atom stereocenters. The van der Waals surface area contributed by atoms with Crippen molar-refractivity contribution in [2.75, 3.05) is 13.7 Å². The van der Waals surface area contributed by atoms with Crippen molar-refractivity contribution in [3.8, 4) is 5.75 Å². The lowest BCUT2D eigenvalue weighted by Crippen LogP contribution is -2.36. The van der Waals surface area contributed by atoms with Crippen molar-refractivity contribution in [3.63, 3.8) is 0 Å². The molecule has 3 heteroatoms. The van der Waals surface area contributed by atoms with Crippen LogP contribution in [-0.2, 0) is 0 Å². The summed E-state index contributed by atoms with van der Waals surface area (Å²) in [6, 6.07) is 8.32. The first kappa shape index (κ1) is 12.9. The van der Waals surface area contributed by atoms with Gasteiger partial charge in [-0.25, -0.2) is 0 Å². The predicted octanol–water partition coefficient (Wildman–Crippen LogP) is 2.51. The molecule has 2 bridgehead atoms. The maximum absolute atomic E-state index is 10.3. The molecule has 2 aliphatic carbocycles. The highest BCUT2D eigenvalue weighted by Gasteiger charge is 2.39. The lowest BCUT2D eigenvalue weighted by atomic mass is 9.95. The second kappa shape index (κ2) is 5.51. The van der Waals surface area contributed by atoms with Crippen molar-refractivity contribution < 1.29 is 9.84 Å². The average molecular weight is 261 g/mol. The van der Waals surface area contributed by atoms with Gasteiger partial charge >= 0.3 is 0 Å². The normalized spacial score (nSPS) is 30.5. The second-order valence-corrected chi connectivity index (χ2v) is 5.98. The monoisotopic (exact) mass is 261 g/mol. The fraction of sp³-hybridized carbons (Fsp3) is 0.625. The minimum atomic E-state index is -0.450. The minimum absolute atomic E-state index is 0.450. The van der Waals surface area contributed by atoms with Gasteiger partial charge in [-0.3, -0.25) is 0 Å². The Morgan fingerprint density at radius 1 is 1.37 bits per heavy atom. The number of hydrogen-bond donors (Lipinski definition) is 2. The first-order valence-electron chi connectivity index (χ1n) is 7.31. The first-order valence-corrected chi connectivity index (χ1v) is 7.31. The van der Waals surface area contributed by atoms with E-state index in [0.717, 1.165) is 23.1 Å². The summed E-state index contributed by atoms with van der Waals surface area (Å²) in [5.41, 5.74) is 0.926. The Bertz CT molecular complexity index is 435. The van der Waals surface area contributed by atoms with Gasteiger partial charge in [-0.2, -0.15) is 0 Å². The number of ether oxygens (including phenoxy) is 1. The zero-order valence-corrected chi connectivity index (χ0v) is 11.5. The van der Waals surface area contributed by atoms with Crippen LogP contribution >= 0.6 is 0 Å². The molecule has 0 saturated heterocycles. The van der Waals surface area contributed by atoms with E-state index in [4.69, 9.17) is 4.74 Å².